The second-order valence-corrected chi connectivity index (χ2v) is 7.12. The van der Waals surface area contributed by atoms with Gasteiger partial charge < -0.3 is 14.4 Å². The molecule has 3 aliphatic heterocycles. The Kier molecular flexibility index (Phi) is 2.31. The van der Waals surface area contributed by atoms with Crippen molar-refractivity contribution in [3.8, 4) is 11.5 Å². The molecule has 0 bridgehead atoms. The van der Waals surface area contributed by atoms with Gasteiger partial charge in [-0.05, 0) is 48.4 Å². The average molecular weight is 305 g/mol. The van der Waals surface area contributed by atoms with E-state index in [2.05, 4.69) is 17.0 Å². The van der Waals surface area contributed by atoms with Gasteiger partial charge >= 0.3 is 0 Å². The topological polar surface area (TPSA) is 38.8 Å². The van der Waals surface area contributed by atoms with Crippen LogP contribution in [0.2, 0.25) is 5.21 Å². The first-order chi connectivity index (χ1) is 11.1. The van der Waals surface area contributed by atoms with Crippen LogP contribution in [0.1, 0.15) is 12.0 Å². The first-order valence-electron chi connectivity index (χ1n) is 8.06. The van der Waals surface area contributed by atoms with Gasteiger partial charge in [0.15, 0.2) is 18.2 Å². The Bertz CT molecular complexity index is 781. The minimum Gasteiger partial charge on any atom is -0.493 e. The molecule has 3 saturated heterocycles. The first kappa shape index (κ1) is 13.7. The van der Waals surface area contributed by atoms with Crippen LogP contribution < -0.4 is 9.47 Å². The lowest BCUT2D eigenvalue weighted by Gasteiger charge is -2.47. The molecule has 3 atom stereocenters. The maximum Gasteiger partial charge on any atom is 0.188 e. The van der Waals surface area contributed by atoms with Crippen LogP contribution in [0.25, 0.3) is 0 Å². The lowest BCUT2D eigenvalue weighted by Crippen LogP contribution is -2.60. The van der Waals surface area contributed by atoms with Gasteiger partial charge in [-0.25, -0.2) is 0 Å². The minimum absolute atomic E-state index is 0.0861. The molecule has 114 valence electrons. The highest BCUT2D eigenvalue weighted by atomic mass is 16.5. The van der Waals surface area contributed by atoms with Gasteiger partial charge in [-0.3, -0.25) is 4.79 Å². The highest BCUT2D eigenvalue weighted by molar-refractivity contribution is 6.96. The number of methoxy groups -OCH3 is 2. The van der Waals surface area contributed by atoms with Crippen molar-refractivity contribution in [1.82, 2.24) is 4.90 Å². The molecule has 0 N–H and O–H groups in total. The maximum atomic E-state index is 12.4. The van der Waals surface area contributed by atoms with Crippen molar-refractivity contribution in [2.24, 2.45) is 0 Å². The Morgan fingerprint density at radius 3 is 2.78 bits per heavy atom. The van der Waals surface area contributed by atoms with Crippen LogP contribution in [0.15, 0.2) is 30.4 Å². The van der Waals surface area contributed by atoms with Crippen LogP contribution >= 0.6 is 0 Å². The first-order valence-corrected chi connectivity index (χ1v) is 8.06. The highest BCUT2D eigenvalue weighted by Gasteiger charge is 2.93. The number of carbonyl (C=O) groups excluding carboxylic acids is 1. The predicted octanol–water partition coefficient (Wildman–Crippen LogP) is 0.992. The number of rotatable bonds is 3. The monoisotopic (exact) mass is 305 g/mol. The second-order valence-electron chi connectivity index (χ2n) is 7.12. The molecule has 0 saturated carbocycles. The van der Waals surface area contributed by atoms with Crippen molar-refractivity contribution in [3.63, 3.8) is 0 Å². The van der Waals surface area contributed by atoms with Gasteiger partial charge in [0.25, 0.3) is 0 Å². The third-order valence-electron chi connectivity index (χ3n) is 6.78. The molecule has 3 heterocycles. The molecule has 1 aliphatic carbocycles. The Balaban J connectivity index is 1.71. The van der Waals surface area contributed by atoms with Gasteiger partial charge in [0.2, 0.25) is 0 Å². The highest BCUT2D eigenvalue weighted by Crippen LogP contribution is 2.80. The summed E-state index contributed by atoms with van der Waals surface area (Å²) in [5.41, 5.74) is 0.752. The molecule has 1 aromatic carbocycles. The van der Waals surface area contributed by atoms with Crippen molar-refractivity contribution < 1.29 is 14.3 Å². The number of hydrogen-bond donors (Lipinski definition) is 0. The van der Waals surface area contributed by atoms with E-state index in [1.807, 2.05) is 12.1 Å². The van der Waals surface area contributed by atoms with E-state index < -0.39 is 5.21 Å². The molecule has 0 aromatic heterocycles. The molecule has 23 heavy (non-hydrogen) atoms. The van der Waals surface area contributed by atoms with Crippen molar-refractivity contribution in [2.45, 2.75) is 22.5 Å². The van der Waals surface area contributed by atoms with Crippen molar-refractivity contribution in [1.29, 1.82) is 0 Å². The van der Waals surface area contributed by atoms with Gasteiger partial charge in [0, 0.05) is 10.9 Å². The van der Waals surface area contributed by atoms with Crippen LogP contribution in [0.3, 0.4) is 0 Å². The molecular formula is C17H17B2NO3. The average Bonchev–Trinajstić information content (AvgIpc) is 2.87. The molecule has 3 unspecified atom stereocenters. The maximum absolute atomic E-state index is 12.4. The summed E-state index contributed by atoms with van der Waals surface area (Å²) in [4.78, 5) is 14.9. The van der Waals surface area contributed by atoms with E-state index in [0.717, 1.165) is 30.9 Å². The third kappa shape index (κ3) is 1.14. The standard InChI is InChI=1S/C17H17B2NO3/c1-22-12-4-3-11(9-13(12)23-2)15-6-5-14(21)16(18)17(15)19(16)10-20(17)8-7-15/h3-6,9H,7-8,10H2,1-2H3. The number of carbonyl (C=O) groups is 1. The summed E-state index contributed by atoms with van der Waals surface area (Å²) >= 11 is 0. The Morgan fingerprint density at radius 2 is 2.04 bits per heavy atom. The number of allylic oxidation sites excluding steroid dienone is 1. The molecule has 6 heteroatoms. The zero-order valence-electron chi connectivity index (χ0n) is 13.3. The zero-order valence-corrected chi connectivity index (χ0v) is 13.3. The van der Waals surface area contributed by atoms with E-state index in [9.17, 15) is 4.79 Å². The predicted molar refractivity (Wildman–Crippen MR) is 88.5 cm³/mol. The fourth-order valence-corrected chi connectivity index (χ4v) is 5.80. The Labute approximate surface area is 137 Å². The lowest BCUT2D eigenvalue weighted by molar-refractivity contribution is -0.116. The summed E-state index contributed by atoms with van der Waals surface area (Å²) in [6.45, 7) is 1.26. The summed E-state index contributed by atoms with van der Waals surface area (Å²) in [6.07, 6.45) is 5.74. The van der Waals surface area contributed by atoms with Crippen molar-refractivity contribution in [3.05, 3.63) is 35.9 Å². The summed E-state index contributed by atoms with van der Waals surface area (Å²) in [7, 11) is 9.89. The molecule has 2 radical (unpaired) electrons. The Hall–Kier alpha value is -1.68. The van der Waals surface area contributed by atoms with E-state index in [4.69, 9.17) is 17.3 Å². The Morgan fingerprint density at radius 1 is 1.26 bits per heavy atom. The molecule has 1 aromatic rings. The number of ketones is 1. The number of ether oxygens (including phenoxy) is 2. The SMILES string of the molecule is [B]C12B3CN4CCC(c5ccc(OC)c(OC)c5)(C=CC1=O)C342. The molecular weight excluding hydrogens is 288 g/mol. The molecule has 1 spiro atoms. The van der Waals surface area contributed by atoms with E-state index in [0.29, 0.717) is 0 Å². The normalized spacial score (nSPS) is 39.6. The smallest absolute Gasteiger partial charge is 0.188 e. The van der Waals surface area contributed by atoms with E-state index in [1.165, 1.54) is 5.56 Å². The summed E-state index contributed by atoms with van der Waals surface area (Å²) in [5.74, 6) is 1.53. The zero-order chi connectivity index (χ0) is 16.0. The van der Waals surface area contributed by atoms with Crippen LogP contribution in [-0.2, 0) is 10.2 Å². The largest absolute Gasteiger partial charge is 0.493 e. The second kappa shape index (κ2) is 3.86. The molecule has 3 fully saturated rings. The fraction of sp³-hybridized carbons (Fsp3) is 0.471. The molecule has 4 nitrogen and oxygen atoms in total. The molecule has 5 rings (SSSR count). The van der Waals surface area contributed by atoms with E-state index in [1.54, 1.807) is 20.3 Å². The molecule has 0 amide bonds. The quantitative estimate of drug-likeness (QED) is 0.781. The van der Waals surface area contributed by atoms with Gasteiger partial charge in [-0.15, -0.1) is 0 Å². The third-order valence-corrected chi connectivity index (χ3v) is 6.78. The van der Waals surface area contributed by atoms with Gasteiger partial charge in [-0.2, -0.15) is 0 Å². The summed E-state index contributed by atoms with van der Waals surface area (Å²) < 4.78 is 10.8. The van der Waals surface area contributed by atoms with E-state index in [-0.39, 0.29) is 23.3 Å². The van der Waals surface area contributed by atoms with Gasteiger partial charge in [0.05, 0.1) is 22.1 Å². The number of nitrogens with zero attached hydrogens (tertiary/aromatic N) is 1. The van der Waals surface area contributed by atoms with Gasteiger partial charge in [0.1, 0.15) is 5.78 Å². The van der Waals surface area contributed by atoms with Crippen molar-refractivity contribution in [2.75, 3.05) is 27.2 Å². The number of fused-ring (bicyclic) bond motifs is 1. The minimum atomic E-state index is -0.703. The van der Waals surface area contributed by atoms with E-state index >= 15 is 0 Å². The fourth-order valence-electron chi connectivity index (χ4n) is 5.80. The van der Waals surface area contributed by atoms with Gasteiger partial charge in [-0.1, -0.05) is 12.1 Å². The van der Waals surface area contributed by atoms with Crippen molar-refractivity contribution >= 4 is 20.3 Å². The summed E-state index contributed by atoms with van der Waals surface area (Å²) in [6, 6.07) is 6.08. The number of hydrogen-bond acceptors (Lipinski definition) is 4. The van der Waals surface area contributed by atoms with Crippen LogP contribution in [0.5, 0.6) is 11.5 Å². The van der Waals surface area contributed by atoms with Crippen LogP contribution in [-0.4, -0.2) is 57.9 Å². The summed E-state index contributed by atoms with van der Waals surface area (Å²) in [5, 5.41) is -0.703. The lowest BCUT2D eigenvalue weighted by atomic mass is 9.47. The number of benzene rings is 1. The molecule has 4 aliphatic rings. The van der Waals surface area contributed by atoms with Crippen LogP contribution in [0.4, 0.5) is 0 Å². The van der Waals surface area contributed by atoms with Crippen LogP contribution in [0, 0.1) is 0 Å².